The molecule has 0 saturated heterocycles. The highest BCUT2D eigenvalue weighted by Gasteiger charge is 2.15. The van der Waals surface area contributed by atoms with Crippen LogP contribution in [-0.4, -0.2) is 38.1 Å². The third kappa shape index (κ3) is 9.87. The molecule has 30 heavy (non-hydrogen) atoms. The first-order valence-electron chi connectivity index (χ1n) is 11.2. The first kappa shape index (κ1) is 25.6. The second-order valence-corrected chi connectivity index (χ2v) is 7.11. The predicted molar refractivity (Wildman–Crippen MR) is 133 cm³/mol. The first-order valence-corrected chi connectivity index (χ1v) is 11.2. The van der Waals surface area contributed by atoms with E-state index < -0.39 is 0 Å². The van der Waals surface area contributed by atoms with Crippen molar-refractivity contribution in [1.29, 1.82) is 0 Å². The number of rotatable bonds is 7. The molecule has 0 fully saturated rings. The number of hydrogen-bond acceptors (Lipinski definition) is 2. The van der Waals surface area contributed by atoms with Gasteiger partial charge in [0.05, 0.1) is 0 Å². The van der Waals surface area contributed by atoms with E-state index in [1.165, 1.54) is 16.7 Å². The van der Waals surface area contributed by atoms with Gasteiger partial charge in [0.2, 0.25) is 0 Å². The van der Waals surface area contributed by atoms with Crippen molar-refractivity contribution in [2.24, 2.45) is 0 Å². The van der Waals surface area contributed by atoms with E-state index in [0.717, 1.165) is 26.2 Å². The van der Waals surface area contributed by atoms with Gasteiger partial charge in [-0.1, -0.05) is 119 Å². The molecule has 0 bridgehead atoms. The van der Waals surface area contributed by atoms with E-state index in [-0.39, 0.29) is 0 Å². The van der Waals surface area contributed by atoms with Gasteiger partial charge in [-0.15, -0.1) is 0 Å². The van der Waals surface area contributed by atoms with E-state index in [2.05, 4.69) is 136 Å². The molecule has 162 valence electrons. The van der Waals surface area contributed by atoms with Gasteiger partial charge in [0.15, 0.2) is 0 Å². The van der Waals surface area contributed by atoms with Crippen LogP contribution in [0, 0.1) is 0 Å². The Hall–Kier alpha value is -2.42. The maximum Gasteiger partial charge on any atom is 0.0339 e. The van der Waals surface area contributed by atoms with Crippen LogP contribution in [0.25, 0.3) is 0 Å². The quantitative estimate of drug-likeness (QED) is 0.456. The molecule has 0 heterocycles. The van der Waals surface area contributed by atoms with Gasteiger partial charge in [-0.25, -0.2) is 0 Å². The smallest absolute Gasteiger partial charge is 0.0339 e. The molecule has 0 saturated carbocycles. The van der Waals surface area contributed by atoms with Crippen molar-refractivity contribution in [3.05, 3.63) is 108 Å². The van der Waals surface area contributed by atoms with Gasteiger partial charge in [0, 0.05) is 5.92 Å². The van der Waals surface area contributed by atoms with Crippen LogP contribution in [0.3, 0.4) is 0 Å². The molecule has 2 heteroatoms. The standard InChI is InChI=1S/C19H16.C5H13N.C4H11N/c1-4-10-16(11-5-1)19(17-12-6-2-7-13-17)18-14-8-3-9-15-18;1-4-6(3)5-2;1-3-5-4-2/h1-15,19H;4-5H2,1-3H3;5H,3-4H2,1-2H3. The average Bonchev–Trinajstić information content (AvgIpc) is 2.82. The zero-order valence-corrected chi connectivity index (χ0v) is 19.5. The molecule has 0 atom stereocenters. The molecule has 0 radical (unpaired) electrons. The van der Waals surface area contributed by atoms with Gasteiger partial charge in [0.25, 0.3) is 0 Å². The number of nitrogens with one attached hydrogen (secondary N) is 1. The summed E-state index contributed by atoms with van der Waals surface area (Å²) in [6, 6.07) is 32.0. The fourth-order valence-electron chi connectivity index (χ4n) is 2.99. The van der Waals surface area contributed by atoms with E-state index in [0.29, 0.717) is 5.92 Å². The minimum absolute atomic E-state index is 0.309. The summed E-state index contributed by atoms with van der Waals surface area (Å²) in [6.07, 6.45) is 0. The minimum atomic E-state index is 0.309. The maximum atomic E-state index is 3.11. The Labute approximate surface area is 185 Å². The summed E-state index contributed by atoms with van der Waals surface area (Å²) in [5.74, 6) is 0.309. The van der Waals surface area contributed by atoms with Crippen LogP contribution in [-0.2, 0) is 0 Å². The van der Waals surface area contributed by atoms with E-state index in [1.54, 1.807) is 0 Å². The summed E-state index contributed by atoms with van der Waals surface area (Å²) < 4.78 is 0. The Bertz CT molecular complexity index is 641. The second-order valence-electron chi connectivity index (χ2n) is 7.11. The molecule has 3 aromatic rings. The lowest BCUT2D eigenvalue weighted by Crippen LogP contribution is -2.15. The molecule has 3 rings (SSSR count). The zero-order chi connectivity index (χ0) is 22.0. The predicted octanol–water partition coefficient (Wildman–Crippen LogP) is 6.44. The Kier molecular flexibility index (Phi) is 14.0. The normalized spacial score (nSPS) is 10.1. The van der Waals surface area contributed by atoms with Crippen LogP contribution < -0.4 is 5.32 Å². The van der Waals surface area contributed by atoms with Gasteiger partial charge in [0.1, 0.15) is 0 Å². The van der Waals surface area contributed by atoms with Crippen molar-refractivity contribution in [3.63, 3.8) is 0 Å². The third-order valence-corrected chi connectivity index (χ3v) is 4.98. The van der Waals surface area contributed by atoms with Gasteiger partial charge < -0.3 is 10.2 Å². The van der Waals surface area contributed by atoms with Crippen LogP contribution in [0.1, 0.15) is 50.3 Å². The van der Waals surface area contributed by atoms with E-state index in [1.807, 2.05) is 0 Å². The van der Waals surface area contributed by atoms with Crippen LogP contribution in [0.4, 0.5) is 0 Å². The lowest BCUT2D eigenvalue weighted by molar-refractivity contribution is 0.373. The minimum Gasteiger partial charge on any atom is -0.317 e. The van der Waals surface area contributed by atoms with Crippen molar-refractivity contribution < 1.29 is 0 Å². The van der Waals surface area contributed by atoms with E-state index >= 15 is 0 Å². The molecule has 0 aliphatic heterocycles. The Balaban J connectivity index is 0.000000342. The monoisotopic (exact) mass is 404 g/mol. The van der Waals surface area contributed by atoms with Crippen molar-refractivity contribution in [2.45, 2.75) is 33.6 Å². The zero-order valence-electron chi connectivity index (χ0n) is 19.5. The number of hydrogen-bond donors (Lipinski definition) is 1. The molecule has 0 amide bonds. The summed E-state index contributed by atoms with van der Waals surface area (Å²) in [6.45, 7) is 13.0. The van der Waals surface area contributed by atoms with Crippen molar-refractivity contribution >= 4 is 0 Å². The molecule has 3 aromatic carbocycles. The molecular formula is C28H40N2. The largest absolute Gasteiger partial charge is 0.317 e. The fraction of sp³-hybridized carbons (Fsp3) is 0.357. The van der Waals surface area contributed by atoms with Gasteiger partial charge >= 0.3 is 0 Å². The molecule has 0 unspecified atom stereocenters. The Morgan fingerprint density at radius 2 is 0.867 bits per heavy atom. The summed E-state index contributed by atoms with van der Waals surface area (Å²) in [4.78, 5) is 2.25. The van der Waals surface area contributed by atoms with Crippen molar-refractivity contribution in [2.75, 3.05) is 33.2 Å². The van der Waals surface area contributed by atoms with E-state index in [4.69, 9.17) is 0 Å². The third-order valence-electron chi connectivity index (χ3n) is 4.98. The molecule has 0 aliphatic rings. The van der Waals surface area contributed by atoms with Crippen LogP contribution in [0.2, 0.25) is 0 Å². The molecule has 0 aromatic heterocycles. The van der Waals surface area contributed by atoms with Crippen LogP contribution in [0.15, 0.2) is 91.0 Å². The Morgan fingerprint density at radius 3 is 1.03 bits per heavy atom. The lowest BCUT2D eigenvalue weighted by atomic mass is 9.85. The van der Waals surface area contributed by atoms with E-state index in [9.17, 15) is 0 Å². The molecular weight excluding hydrogens is 364 g/mol. The fourth-order valence-corrected chi connectivity index (χ4v) is 2.99. The first-order chi connectivity index (χ1) is 14.7. The highest BCUT2D eigenvalue weighted by molar-refractivity contribution is 5.42. The second kappa shape index (κ2) is 16.4. The SMILES string of the molecule is CCN(C)CC.CCNCC.c1ccc(C(c2ccccc2)c2ccccc2)cc1. The van der Waals surface area contributed by atoms with Gasteiger partial charge in [-0.2, -0.15) is 0 Å². The molecule has 2 nitrogen and oxygen atoms in total. The summed E-state index contributed by atoms with van der Waals surface area (Å²) in [5.41, 5.74) is 4.00. The van der Waals surface area contributed by atoms with Crippen molar-refractivity contribution in [3.8, 4) is 0 Å². The number of nitrogens with zero attached hydrogens (tertiary/aromatic N) is 1. The Morgan fingerprint density at radius 1 is 0.567 bits per heavy atom. The molecule has 1 N–H and O–H groups in total. The summed E-state index contributed by atoms with van der Waals surface area (Å²) in [7, 11) is 2.11. The molecule has 0 aliphatic carbocycles. The topological polar surface area (TPSA) is 15.3 Å². The highest BCUT2D eigenvalue weighted by atomic mass is 15.1. The maximum absolute atomic E-state index is 3.11. The van der Waals surface area contributed by atoms with Crippen LogP contribution in [0.5, 0.6) is 0 Å². The van der Waals surface area contributed by atoms with Crippen LogP contribution >= 0.6 is 0 Å². The van der Waals surface area contributed by atoms with Crippen molar-refractivity contribution in [1.82, 2.24) is 10.2 Å². The summed E-state index contributed by atoms with van der Waals surface area (Å²) >= 11 is 0. The average molecular weight is 405 g/mol. The molecule has 0 spiro atoms. The van der Waals surface area contributed by atoms with Gasteiger partial charge in [-0.05, 0) is 49.9 Å². The number of benzene rings is 3. The van der Waals surface area contributed by atoms with Gasteiger partial charge in [-0.3, -0.25) is 0 Å². The lowest BCUT2D eigenvalue weighted by Gasteiger charge is -2.18. The highest BCUT2D eigenvalue weighted by Crippen LogP contribution is 2.31. The summed E-state index contributed by atoms with van der Waals surface area (Å²) in [5, 5.41) is 3.11.